The van der Waals surface area contributed by atoms with Crippen LogP contribution in [-0.2, 0) is 9.84 Å². The van der Waals surface area contributed by atoms with Crippen LogP contribution >= 0.6 is 11.3 Å². The second kappa shape index (κ2) is 5.81. The summed E-state index contributed by atoms with van der Waals surface area (Å²) in [7, 11) is -3.00. The van der Waals surface area contributed by atoms with Crippen LogP contribution in [0.4, 0.5) is 0 Å². The molecule has 0 radical (unpaired) electrons. The molecule has 1 aliphatic heterocycles. The summed E-state index contributed by atoms with van der Waals surface area (Å²) in [5.41, 5.74) is 2.25. The Kier molecular flexibility index (Phi) is 4.01. The molecule has 22 heavy (non-hydrogen) atoms. The molecule has 0 saturated carbocycles. The molecule has 0 unspecified atom stereocenters. The Morgan fingerprint density at radius 2 is 2.23 bits per heavy atom. The molecule has 3 rings (SSSR count). The number of aryl methyl sites for hydroxylation is 1. The zero-order valence-corrected chi connectivity index (χ0v) is 13.7. The Balaban J connectivity index is 1.76. The number of aromatic nitrogens is 1. The Hall–Kier alpha value is -1.73. The van der Waals surface area contributed by atoms with E-state index in [1.807, 2.05) is 24.4 Å². The number of amides is 1. The SMILES string of the molecule is Cc1nc(-c2cccc(C(=O)N[C@H]3CCS(=O)(=O)C3)c2)cs1. The van der Waals surface area contributed by atoms with Crippen molar-refractivity contribution in [3.63, 3.8) is 0 Å². The summed E-state index contributed by atoms with van der Waals surface area (Å²) in [6.07, 6.45) is 0.485. The Morgan fingerprint density at radius 1 is 1.41 bits per heavy atom. The van der Waals surface area contributed by atoms with Gasteiger partial charge in [0, 0.05) is 22.5 Å². The largest absolute Gasteiger partial charge is 0.348 e. The van der Waals surface area contributed by atoms with Gasteiger partial charge in [-0.05, 0) is 25.5 Å². The van der Waals surface area contributed by atoms with Gasteiger partial charge in [-0.25, -0.2) is 13.4 Å². The molecule has 1 atom stereocenters. The Morgan fingerprint density at radius 3 is 2.86 bits per heavy atom. The lowest BCUT2D eigenvalue weighted by Gasteiger charge is -2.11. The number of carbonyl (C=O) groups excluding carboxylic acids is 1. The molecule has 1 N–H and O–H groups in total. The van der Waals surface area contributed by atoms with E-state index in [4.69, 9.17) is 0 Å². The van der Waals surface area contributed by atoms with E-state index < -0.39 is 9.84 Å². The van der Waals surface area contributed by atoms with Crippen LogP contribution in [0.15, 0.2) is 29.6 Å². The molecular formula is C15H16N2O3S2. The number of hydrogen-bond donors (Lipinski definition) is 1. The fraction of sp³-hybridized carbons (Fsp3) is 0.333. The third-order valence-corrected chi connectivity index (χ3v) is 6.15. The summed E-state index contributed by atoms with van der Waals surface area (Å²) in [5, 5.41) is 5.73. The molecular weight excluding hydrogens is 320 g/mol. The van der Waals surface area contributed by atoms with Crippen molar-refractivity contribution in [2.45, 2.75) is 19.4 Å². The second-order valence-corrected chi connectivity index (χ2v) is 8.70. The molecule has 1 fully saturated rings. The second-order valence-electron chi connectivity index (χ2n) is 5.41. The summed E-state index contributed by atoms with van der Waals surface area (Å²) in [6.45, 7) is 1.94. The van der Waals surface area contributed by atoms with Gasteiger partial charge in [0.05, 0.1) is 22.2 Å². The van der Waals surface area contributed by atoms with Crippen LogP contribution in [0.2, 0.25) is 0 Å². The average Bonchev–Trinajstić information content (AvgIpc) is 3.05. The third kappa shape index (κ3) is 3.36. The molecule has 0 bridgehead atoms. The number of benzene rings is 1. The fourth-order valence-corrected chi connectivity index (χ4v) is 4.79. The highest BCUT2D eigenvalue weighted by molar-refractivity contribution is 7.91. The normalized spacial score (nSPS) is 20.0. The van der Waals surface area contributed by atoms with Gasteiger partial charge < -0.3 is 5.32 Å². The highest BCUT2D eigenvalue weighted by Gasteiger charge is 2.29. The highest BCUT2D eigenvalue weighted by Crippen LogP contribution is 2.22. The summed E-state index contributed by atoms with van der Waals surface area (Å²) >= 11 is 1.56. The van der Waals surface area contributed by atoms with E-state index in [1.54, 1.807) is 23.5 Å². The zero-order chi connectivity index (χ0) is 15.7. The maximum atomic E-state index is 12.3. The first-order valence-electron chi connectivity index (χ1n) is 6.97. The van der Waals surface area contributed by atoms with Gasteiger partial charge in [-0.2, -0.15) is 0 Å². The van der Waals surface area contributed by atoms with Gasteiger partial charge in [0.25, 0.3) is 5.91 Å². The van der Waals surface area contributed by atoms with E-state index in [0.717, 1.165) is 16.3 Å². The van der Waals surface area contributed by atoms with Crippen LogP contribution in [0, 0.1) is 6.92 Å². The zero-order valence-electron chi connectivity index (χ0n) is 12.1. The lowest BCUT2D eigenvalue weighted by Crippen LogP contribution is -2.35. The molecule has 1 aromatic carbocycles. The predicted molar refractivity (Wildman–Crippen MR) is 86.8 cm³/mol. The lowest BCUT2D eigenvalue weighted by molar-refractivity contribution is 0.0941. The topological polar surface area (TPSA) is 76.1 Å². The summed E-state index contributed by atoms with van der Waals surface area (Å²) in [5.74, 6) is -0.0596. The number of thiazole rings is 1. The van der Waals surface area contributed by atoms with Gasteiger partial charge in [0.2, 0.25) is 0 Å². The van der Waals surface area contributed by atoms with Crippen molar-refractivity contribution in [1.29, 1.82) is 0 Å². The van der Waals surface area contributed by atoms with Crippen molar-refractivity contribution in [2.24, 2.45) is 0 Å². The number of nitrogens with zero attached hydrogens (tertiary/aromatic N) is 1. The van der Waals surface area contributed by atoms with Crippen molar-refractivity contribution in [1.82, 2.24) is 10.3 Å². The molecule has 7 heteroatoms. The van der Waals surface area contributed by atoms with E-state index in [-0.39, 0.29) is 23.5 Å². The van der Waals surface area contributed by atoms with Gasteiger partial charge >= 0.3 is 0 Å². The maximum Gasteiger partial charge on any atom is 0.251 e. The number of rotatable bonds is 3. The van der Waals surface area contributed by atoms with Crippen LogP contribution in [0.25, 0.3) is 11.3 Å². The van der Waals surface area contributed by atoms with Crippen molar-refractivity contribution in [3.05, 3.63) is 40.2 Å². The van der Waals surface area contributed by atoms with Crippen molar-refractivity contribution in [2.75, 3.05) is 11.5 Å². The number of hydrogen-bond acceptors (Lipinski definition) is 5. The average molecular weight is 336 g/mol. The quantitative estimate of drug-likeness (QED) is 0.930. The van der Waals surface area contributed by atoms with Gasteiger partial charge in [0.15, 0.2) is 9.84 Å². The van der Waals surface area contributed by atoms with Gasteiger partial charge in [-0.3, -0.25) is 4.79 Å². The van der Waals surface area contributed by atoms with Crippen LogP contribution in [0.5, 0.6) is 0 Å². The van der Waals surface area contributed by atoms with E-state index in [0.29, 0.717) is 12.0 Å². The third-order valence-electron chi connectivity index (χ3n) is 3.61. The van der Waals surface area contributed by atoms with Gasteiger partial charge in [-0.15, -0.1) is 11.3 Å². The predicted octanol–water partition coefficient (Wildman–Crippen LogP) is 2.04. The molecule has 1 amide bonds. The van der Waals surface area contributed by atoms with Crippen LogP contribution in [0.1, 0.15) is 21.8 Å². The molecule has 1 aliphatic rings. The van der Waals surface area contributed by atoms with Crippen LogP contribution in [-0.4, -0.2) is 36.9 Å². The summed E-state index contributed by atoms with van der Waals surface area (Å²) in [6, 6.07) is 6.94. The standard InChI is InChI=1S/C15H16N2O3S2/c1-10-16-14(8-21-10)11-3-2-4-12(7-11)15(18)17-13-5-6-22(19,20)9-13/h2-4,7-8,13H,5-6,9H2,1H3,(H,17,18)/t13-/m0/s1. The number of nitrogens with one attached hydrogen (secondary N) is 1. The van der Waals surface area contributed by atoms with E-state index in [9.17, 15) is 13.2 Å². The molecule has 116 valence electrons. The smallest absolute Gasteiger partial charge is 0.251 e. The lowest BCUT2D eigenvalue weighted by atomic mass is 10.1. The van der Waals surface area contributed by atoms with Gasteiger partial charge in [-0.1, -0.05) is 12.1 Å². The maximum absolute atomic E-state index is 12.3. The number of sulfone groups is 1. The Bertz CT molecular complexity index is 812. The van der Waals surface area contributed by atoms with E-state index in [2.05, 4.69) is 10.3 Å². The van der Waals surface area contributed by atoms with E-state index in [1.165, 1.54) is 0 Å². The molecule has 0 aliphatic carbocycles. The molecule has 2 heterocycles. The summed E-state index contributed by atoms with van der Waals surface area (Å²) in [4.78, 5) is 16.7. The minimum Gasteiger partial charge on any atom is -0.348 e. The summed E-state index contributed by atoms with van der Waals surface area (Å²) < 4.78 is 22.9. The molecule has 1 saturated heterocycles. The minimum atomic E-state index is -3.00. The van der Waals surface area contributed by atoms with Crippen molar-refractivity contribution < 1.29 is 13.2 Å². The fourth-order valence-electron chi connectivity index (χ4n) is 2.49. The molecule has 5 nitrogen and oxygen atoms in total. The first-order valence-corrected chi connectivity index (χ1v) is 9.67. The first kappa shape index (κ1) is 15.2. The van der Waals surface area contributed by atoms with Crippen molar-refractivity contribution in [3.8, 4) is 11.3 Å². The van der Waals surface area contributed by atoms with E-state index >= 15 is 0 Å². The van der Waals surface area contributed by atoms with Gasteiger partial charge in [0.1, 0.15) is 0 Å². The molecule has 0 spiro atoms. The Labute approximate surface area is 133 Å². The molecule has 2 aromatic rings. The van der Waals surface area contributed by atoms with Crippen LogP contribution in [0.3, 0.4) is 0 Å². The first-order chi connectivity index (χ1) is 10.4. The monoisotopic (exact) mass is 336 g/mol. The van der Waals surface area contributed by atoms with Crippen molar-refractivity contribution >= 4 is 27.1 Å². The highest BCUT2D eigenvalue weighted by atomic mass is 32.2. The van der Waals surface area contributed by atoms with Crippen LogP contribution < -0.4 is 5.32 Å². The minimum absolute atomic E-state index is 0.0315. The molecule has 1 aromatic heterocycles. The number of carbonyl (C=O) groups is 1.